The highest BCUT2D eigenvalue weighted by Crippen LogP contribution is 2.39. The van der Waals surface area contributed by atoms with Crippen molar-refractivity contribution in [3.05, 3.63) is 64.9 Å². The first-order valence-electron chi connectivity index (χ1n) is 10.0. The van der Waals surface area contributed by atoms with Crippen LogP contribution in [0.2, 0.25) is 0 Å². The number of carbonyl (C=O) groups is 2. The van der Waals surface area contributed by atoms with Crippen LogP contribution in [-0.2, 0) is 9.59 Å². The van der Waals surface area contributed by atoms with Crippen molar-refractivity contribution >= 4 is 23.1 Å². The fourth-order valence-corrected chi connectivity index (χ4v) is 3.69. The number of anilines is 1. The molecule has 0 spiro atoms. The lowest BCUT2D eigenvalue weighted by molar-refractivity contribution is -0.120. The van der Waals surface area contributed by atoms with Gasteiger partial charge in [-0.05, 0) is 51.0 Å². The van der Waals surface area contributed by atoms with Crippen LogP contribution in [0.25, 0.3) is 5.57 Å². The van der Waals surface area contributed by atoms with Crippen molar-refractivity contribution in [2.75, 3.05) is 25.1 Å². The van der Waals surface area contributed by atoms with Crippen molar-refractivity contribution in [2.45, 2.75) is 33.8 Å². The number of para-hydroxylation sites is 2. The van der Waals surface area contributed by atoms with Gasteiger partial charge in [-0.1, -0.05) is 35.9 Å². The predicted molar refractivity (Wildman–Crippen MR) is 117 cm³/mol. The standard InChI is InChI=1S/C24H28N2O4/c1-15(2)30-20-9-7-6-8-19(20)26-23(28)21(18-11-10-16(3)14-17(18)4)22(24(26)29)25(5)12-13-27/h6-11,14-15,27H,12-13H2,1-5H3. The minimum Gasteiger partial charge on any atom is -0.489 e. The van der Waals surface area contributed by atoms with Gasteiger partial charge in [0, 0.05) is 13.6 Å². The van der Waals surface area contributed by atoms with Gasteiger partial charge in [-0.2, -0.15) is 0 Å². The second kappa shape index (κ2) is 8.71. The molecular formula is C24H28N2O4. The van der Waals surface area contributed by atoms with Crippen molar-refractivity contribution < 1.29 is 19.4 Å². The minimum absolute atomic E-state index is 0.109. The molecule has 0 radical (unpaired) electrons. The molecular weight excluding hydrogens is 380 g/mol. The number of amides is 2. The Bertz CT molecular complexity index is 1010. The number of hydrogen-bond donors (Lipinski definition) is 1. The molecule has 0 saturated heterocycles. The number of aryl methyl sites for hydroxylation is 2. The van der Waals surface area contributed by atoms with Gasteiger partial charge in [-0.3, -0.25) is 9.59 Å². The molecule has 0 atom stereocenters. The Morgan fingerprint density at radius 1 is 1.07 bits per heavy atom. The number of benzene rings is 2. The van der Waals surface area contributed by atoms with E-state index < -0.39 is 11.8 Å². The molecule has 2 aromatic rings. The topological polar surface area (TPSA) is 70.1 Å². The lowest BCUT2D eigenvalue weighted by Gasteiger charge is -2.22. The monoisotopic (exact) mass is 408 g/mol. The average Bonchev–Trinajstić information content (AvgIpc) is 2.92. The van der Waals surface area contributed by atoms with E-state index in [9.17, 15) is 14.7 Å². The fourth-order valence-electron chi connectivity index (χ4n) is 3.69. The van der Waals surface area contributed by atoms with Crippen molar-refractivity contribution in [2.24, 2.45) is 0 Å². The van der Waals surface area contributed by atoms with Gasteiger partial charge < -0.3 is 14.7 Å². The molecule has 158 valence electrons. The van der Waals surface area contributed by atoms with Crippen LogP contribution in [0.1, 0.15) is 30.5 Å². The number of carbonyl (C=O) groups excluding carboxylic acids is 2. The molecule has 3 rings (SSSR count). The Labute approximate surface area is 177 Å². The summed E-state index contributed by atoms with van der Waals surface area (Å²) in [7, 11) is 1.71. The number of hydrogen-bond acceptors (Lipinski definition) is 5. The molecule has 0 aromatic heterocycles. The third-order valence-corrected chi connectivity index (χ3v) is 5.00. The van der Waals surface area contributed by atoms with E-state index in [0.29, 0.717) is 22.6 Å². The van der Waals surface area contributed by atoms with Gasteiger partial charge >= 0.3 is 0 Å². The molecule has 0 unspecified atom stereocenters. The van der Waals surface area contributed by atoms with Crippen LogP contribution >= 0.6 is 0 Å². The van der Waals surface area contributed by atoms with Gasteiger partial charge in [0.25, 0.3) is 11.8 Å². The van der Waals surface area contributed by atoms with Crippen LogP contribution in [0.15, 0.2) is 48.2 Å². The Kier molecular flexibility index (Phi) is 6.27. The van der Waals surface area contributed by atoms with Crippen molar-refractivity contribution in [1.29, 1.82) is 0 Å². The first-order chi connectivity index (χ1) is 14.3. The van der Waals surface area contributed by atoms with Crippen molar-refractivity contribution in [3.8, 4) is 5.75 Å². The highest BCUT2D eigenvalue weighted by Gasteiger charge is 2.43. The maximum atomic E-state index is 13.6. The second-order valence-electron chi connectivity index (χ2n) is 7.77. The third-order valence-electron chi connectivity index (χ3n) is 5.00. The fraction of sp³-hybridized carbons (Fsp3) is 0.333. The zero-order valence-corrected chi connectivity index (χ0v) is 18.1. The molecule has 1 aliphatic rings. The zero-order valence-electron chi connectivity index (χ0n) is 18.1. The zero-order chi connectivity index (χ0) is 22.0. The molecule has 1 aliphatic heterocycles. The van der Waals surface area contributed by atoms with Crippen LogP contribution in [-0.4, -0.2) is 48.1 Å². The largest absolute Gasteiger partial charge is 0.489 e. The molecule has 0 fully saturated rings. The van der Waals surface area contributed by atoms with E-state index in [0.717, 1.165) is 11.1 Å². The van der Waals surface area contributed by atoms with Gasteiger partial charge in [0.2, 0.25) is 0 Å². The SMILES string of the molecule is Cc1ccc(C2=C(N(C)CCO)C(=O)N(c3ccccc3OC(C)C)C2=O)c(C)c1. The molecule has 0 saturated carbocycles. The Hall–Kier alpha value is -3.12. The van der Waals surface area contributed by atoms with Gasteiger partial charge in [-0.25, -0.2) is 4.90 Å². The second-order valence-corrected chi connectivity index (χ2v) is 7.77. The first-order valence-corrected chi connectivity index (χ1v) is 10.0. The molecule has 30 heavy (non-hydrogen) atoms. The smallest absolute Gasteiger partial charge is 0.282 e. The van der Waals surface area contributed by atoms with Crippen LogP contribution in [0, 0.1) is 13.8 Å². The predicted octanol–water partition coefficient (Wildman–Crippen LogP) is 3.30. The lowest BCUT2D eigenvalue weighted by Crippen LogP contribution is -2.35. The van der Waals surface area contributed by atoms with E-state index in [1.54, 1.807) is 30.1 Å². The summed E-state index contributed by atoms with van der Waals surface area (Å²) >= 11 is 0. The highest BCUT2D eigenvalue weighted by molar-refractivity contribution is 6.45. The molecule has 2 aromatic carbocycles. The number of nitrogens with zero attached hydrogens (tertiary/aromatic N) is 2. The molecule has 6 nitrogen and oxygen atoms in total. The summed E-state index contributed by atoms with van der Waals surface area (Å²) < 4.78 is 5.86. The summed E-state index contributed by atoms with van der Waals surface area (Å²) in [5.74, 6) is -0.350. The Morgan fingerprint density at radius 3 is 2.40 bits per heavy atom. The van der Waals surface area contributed by atoms with E-state index in [4.69, 9.17) is 4.74 Å². The van der Waals surface area contributed by atoms with E-state index in [2.05, 4.69) is 0 Å². The van der Waals surface area contributed by atoms with Crippen LogP contribution in [0.4, 0.5) is 5.69 Å². The number of likely N-dealkylation sites (N-methyl/N-ethyl adjacent to an activating group) is 1. The Morgan fingerprint density at radius 2 is 1.77 bits per heavy atom. The molecule has 0 aliphatic carbocycles. The van der Waals surface area contributed by atoms with E-state index in [1.165, 1.54) is 4.90 Å². The molecule has 6 heteroatoms. The maximum absolute atomic E-state index is 13.6. The molecule has 1 N–H and O–H groups in total. The van der Waals surface area contributed by atoms with Gasteiger partial charge in [0.05, 0.1) is 24.0 Å². The number of aliphatic hydroxyl groups excluding tert-OH is 1. The Balaban J connectivity index is 2.17. The summed E-state index contributed by atoms with van der Waals surface area (Å²) in [5.41, 5.74) is 3.73. The number of imide groups is 1. The van der Waals surface area contributed by atoms with Crippen LogP contribution < -0.4 is 9.64 Å². The van der Waals surface area contributed by atoms with Crippen molar-refractivity contribution in [1.82, 2.24) is 4.90 Å². The molecule has 0 bridgehead atoms. The van der Waals surface area contributed by atoms with Crippen LogP contribution in [0.3, 0.4) is 0 Å². The quantitative estimate of drug-likeness (QED) is 0.712. The first kappa shape index (κ1) is 21.6. The molecule has 1 heterocycles. The van der Waals surface area contributed by atoms with Gasteiger partial charge in [0.15, 0.2) is 0 Å². The normalized spacial score (nSPS) is 14.2. The summed E-state index contributed by atoms with van der Waals surface area (Å²) in [6.07, 6.45) is -0.109. The lowest BCUT2D eigenvalue weighted by atomic mass is 9.97. The molecule has 2 amide bonds. The number of ether oxygens (including phenoxy) is 1. The van der Waals surface area contributed by atoms with Gasteiger partial charge in [-0.15, -0.1) is 0 Å². The van der Waals surface area contributed by atoms with E-state index in [-0.39, 0.29) is 25.0 Å². The summed E-state index contributed by atoms with van der Waals surface area (Å²) in [4.78, 5) is 29.9. The number of rotatable bonds is 7. The van der Waals surface area contributed by atoms with Gasteiger partial charge in [0.1, 0.15) is 11.4 Å². The average molecular weight is 408 g/mol. The highest BCUT2D eigenvalue weighted by atomic mass is 16.5. The number of aliphatic hydroxyl groups is 1. The summed E-state index contributed by atoms with van der Waals surface area (Å²) in [5, 5.41) is 9.43. The maximum Gasteiger partial charge on any atom is 0.282 e. The summed E-state index contributed by atoms with van der Waals surface area (Å²) in [6, 6.07) is 12.8. The van der Waals surface area contributed by atoms with E-state index in [1.807, 2.05) is 52.0 Å². The van der Waals surface area contributed by atoms with E-state index >= 15 is 0 Å². The van der Waals surface area contributed by atoms with Crippen molar-refractivity contribution in [3.63, 3.8) is 0 Å². The minimum atomic E-state index is -0.425. The summed E-state index contributed by atoms with van der Waals surface area (Å²) in [6.45, 7) is 7.80. The van der Waals surface area contributed by atoms with Crippen LogP contribution in [0.5, 0.6) is 5.75 Å². The third kappa shape index (κ3) is 3.96.